The number of hydrogen-bond donors (Lipinski definition) is 2. The van der Waals surface area contributed by atoms with E-state index in [4.69, 9.17) is 21.1 Å². The summed E-state index contributed by atoms with van der Waals surface area (Å²) in [6.07, 6.45) is -0.0717. The minimum atomic E-state index is -0.811. The monoisotopic (exact) mass is 555 g/mol. The molecule has 2 atom stereocenters. The lowest BCUT2D eigenvalue weighted by molar-refractivity contribution is 0.0888. The van der Waals surface area contributed by atoms with Crippen molar-refractivity contribution in [2.24, 2.45) is 0 Å². The van der Waals surface area contributed by atoms with E-state index in [-0.39, 0.29) is 36.7 Å². The smallest absolute Gasteiger partial charge is 0.135 e. The zero-order valence-corrected chi connectivity index (χ0v) is 21.3. The zero-order chi connectivity index (χ0) is 24.7. The number of benzene rings is 2. The topological polar surface area (TPSA) is 89.6 Å². The Hall–Kier alpha value is -2.20. The van der Waals surface area contributed by atoms with E-state index in [2.05, 4.69) is 40.1 Å². The Balaban J connectivity index is 1.59. The Kier molecular flexibility index (Phi) is 9.30. The lowest BCUT2D eigenvalue weighted by Crippen LogP contribution is -2.24. The third-order valence-electron chi connectivity index (χ3n) is 5.40. The maximum Gasteiger partial charge on any atom is 0.135 e. The molecule has 0 aliphatic heterocycles. The van der Waals surface area contributed by atoms with E-state index in [1.54, 1.807) is 0 Å². The van der Waals surface area contributed by atoms with Crippen LogP contribution in [0.5, 0.6) is 11.5 Å². The predicted octanol–water partition coefficient (Wildman–Crippen LogP) is 4.25. The minimum Gasteiger partial charge on any atom is -0.491 e. The van der Waals surface area contributed by atoms with Crippen molar-refractivity contribution in [3.05, 3.63) is 70.0 Å². The fraction of sp³-hybridized carbons (Fsp3) is 0.417. The number of aromatic nitrogens is 3. The molecule has 0 spiro atoms. The van der Waals surface area contributed by atoms with E-state index in [1.165, 1.54) is 10.9 Å². The number of halogens is 3. The molecular weight excluding hydrogens is 529 g/mol. The van der Waals surface area contributed by atoms with Gasteiger partial charge in [0.1, 0.15) is 49.3 Å². The highest BCUT2D eigenvalue weighted by Crippen LogP contribution is 2.36. The fourth-order valence-electron chi connectivity index (χ4n) is 3.32. The highest BCUT2D eigenvalue weighted by molar-refractivity contribution is 9.10. The van der Waals surface area contributed by atoms with Crippen LogP contribution in [0.15, 0.2) is 53.1 Å². The van der Waals surface area contributed by atoms with Gasteiger partial charge in [0.2, 0.25) is 0 Å². The quantitative estimate of drug-likeness (QED) is 0.324. The van der Waals surface area contributed by atoms with Crippen molar-refractivity contribution in [2.45, 2.75) is 44.7 Å². The van der Waals surface area contributed by atoms with Crippen molar-refractivity contribution < 1.29 is 24.1 Å². The summed E-state index contributed by atoms with van der Waals surface area (Å²) in [5.41, 5.74) is 2.09. The summed E-state index contributed by atoms with van der Waals surface area (Å²) in [6, 6.07) is 13.6. The molecule has 34 heavy (non-hydrogen) atoms. The first-order valence-electron chi connectivity index (χ1n) is 10.8. The molecule has 0 saturated heterocycles. The van der Waals surface area contributed by atoms with E-state index in [1.807, 2.05) is 42.5 Å². The van der Waals surface area contributed by atoms with Gasteiger partial charge in [0.25, 0.3) is 0 Å². The first-order valence-corrected chi connectivity index (χ1v) is 12.1. The van der Waals surface area contributed by atoms with Gasteiger partial charge in [-0.2, -0.15) is 0 Å². The molecule has 2 aromatic carbocycles. The summed E-state index contributed by atoms with van der Waals surface area (Å²) in [4.78, 5) is 0. The van der Waals surface area contributed by atoms with Crippen molar-refractivity contribution in [1.29, 1.82) is 0 Å². The van der Waals surface area contributed by atoms with Gasteiger partial charge in [-0.15, -0.1) is 16.7 Å². The summed E-state index contributed by atoms with van der Waals surface area (Å²) >= 11 is 9.16. The van der Waals surface area contributed by atoms with Crippen LogP contribution in [-0.4, -0.2) is 56.5 Å². The van der Waals surface area contributed by atoms with Crippen LogP contribution in [-0.2, 0) is 18.6 Å². The number of rotatable bonds is 12. The average molecular weight is 557 g/mol. The Bertz CT molecular complexity index is 1060. The first kappa shape index (κ1) is 26.4. The fourth-order valence-corrected chi connectivity index (χ4v) is 3.90. The number of alkyl halides is 2. The lowest BCUT2D eigenvalue weighted by Gasteiger charge is -2.27. The summed E-state index contributed by atoms with van der Waals surface area (Å²) in [5, 5.41) is 27.2. The number of hydrogen-bond acceptors (Lipinski definition) is 6. The third-order valence-corrected chi connectivity index (χ3v) is 6.38. The highest BCUT2D eigenvalue weighted by atomic mass is 79.9. The molecule has 0 aliphatic carbocycles. The lowest BCUT2D eigenvalue weighted by atomic mass is 9.78. The molecule has 184 valence electrons. The van der Waals surface area contributed by atoms with E-state index in [0.29, 0.717) is 11.5 Å². The van der Waals surface area contributed by atoms with Crippen LogP contribution in [0.3, 0.4) is 0 Å². The van der Waals surface area contributed by atoms with E-state index in [9.17, 15) is 14.6 Å². The SMILES string of the molecule is CC(C)(c1ccc(OCC(O)Cn2cc(CF)nn2)cc1)c1ccc(OCC(O)CCl)c(Br)c1. The molecule has 1 aromatic heterocycles. The van der Waals surface area contributed by atoms with Gasteiger partial charge in [0.05, 0.1) is 23.1 Å². The molecule has 3 aromatic rings. The van der Waals surface area contributed by atoms with Gasteiger partial charge in [0, 0.05) is 5.41 Å². The Morgan fingerprint density at radius 2 is 1.74 bits per heavy atom. The van der Waals surface area contributed by atoms with E-state index in [0.717, 1.165) is 15.6 Å². The Morgan fingerprint density at radius 3 is 2.35 bits per heavy atom. The Labute approximate surface area is 211 Å². The van der Waals surface area contributed by atoms with Crippen LogP contribution in [0.25, 0.3) is 0 Å². The molecule has 0 bridgehead atoms. The van der Waals surface area contributed by atoms with Crippen molar-refractivity contribution in [3.8, 4) is 11.5 Å². The largest absolute Gasteiger partial charge is 0.491 e. The van der Waals surface area contributed by atoms with Crippen LogP contribution >= 0.6 is 27.5 Å². The van der Waals surface area contributed by atoms with Crippen LogP contribution in [0.2, 0.25) is 0 Å². The molecule has 7 nitrogen and oxygen atoms in total. The predicted molar refractivity (Wildman–Crippen MR) is 131 cm³/mol. The van der Waals surface area contributed by atoms with Gasteiger partial charge in [-0.1, -0.05) is 37.3 Å². The van der Waals surface area contributed by atoms with Gasteiger partial charge in [-0.05, 0) is 51.3 Å². The van der Waals surface area contributed by atoms with Crippen molar-refractivity contribution >= 4 is 27.5 Å². The summed E-state index contributed by atoms with van der Waals surface area (Å²) in [7, 11) is 0. The number of aliphatic hydroxyl groups excluding tert-OH is 2. The standard InChI is InChI=1S/C24H28BrClFN3O4/c1-24(2,17-5-8-23(22(25)9-17)34-14-19(31)10-26)16-3-6-21(7-4-16)33-15-20(32)13-30-12-18(11-27)28-29-30/h3-9,12,19-20,31-32H,10-11,13-15H2,1-2H3. The first-order chi connectivity index (χ1) is 16.2. The minimum absolute atomic E-state index is 0.0698. The third kappa shape index (κ3) is 6.91. The summed E-state index contributed by atoms with van der Waals surface area (Å²) in [5.74, 6) is 1.38. The molecule has 0 amide bonds. The van der Waals surface area contributed by atoms with Gasteiger partial charge in [0.15, 0.2) is 0 Å². The van der Waals surface area contributed by atoms with Crippen molar-refractivity contribution in [2.75, 3.05) is 19.1 Å². The second kappa shape index (κ2) is 12.0. The summed E-state index contributed by atoms with van der Waals surface area (Å²) < 4.78 is 26.1. The molecule has 2 unspecified atom stereocenters. The zero-order valence-electron chi connectivity index (χ0n) is 19.0. The van der Waals surface area contributed by atoms with Gasteiger partial charge in [-0.3, -0.25) is 0 Å². The maximum atomic E-state index is 12.6. The maximum absolute atomic E-state index is 12.6. The second-order valence-electron chi connectivity index (χ2n) is 8.44. The molecule has 0 saturated carbocycles. The van der Waals surface area contributed by atoms with E-state index >= 15 is 0 Å². The van der Waals surface area contributed by atoms with E-state index < -0.39 is 18.9 Å². The second-order valence-corrected chi connectivity index (χ2v) is 9.61. The molecule has 3 rings (SSSR count). The number of nitrogens with zero attached hydrogens (tertiary/aromatic N) is 3. The highest BCUT2D eigenvalue weighted by Gasteiger charge is 2.24. The van der Waals surface area contributed by atoms with Crippen LogP contribution < -0.4 is 9.47 Å². The van der Waals surface area contributed by atoms with Gasteiger partial charge in [-0.25, -0.2) is 9.07 Å². The number of ether oxygens (including phenoxy) is 2. The van der Waals surface area contributed by atoms with Gasteiger partial charge >= 0.3 is 0 Å². The molecule has 0 aliphatic rings. The van der Waals surface area contributed by atoms with Gasteiger partial charge < -0.3 is 19.7 Å². The molecule has 10 heteroatoms. The van der Waals surface area contributed by atoms with Crippen LogP contribution in [0, 0.1) is 0 Å². The average Bonchev–Trinajstić information content (AvgIpc) is 3.29. The van der Waals surface area contributed by atoms with Crippen LogP contribution in [0.4, 0.5) is 4.39 Å². The molecule has 0 fully saturated rings. The van der Waals surface area contributed by atoms with Crippen molar-refractivity contribution in [1.82, 2.24) is 15.0 Å². The molecular formula is C24H28BrClFN3O4. The van der Waals surface area contributed by atoms with Crippen LogP contribution in [0.1, 0.15) is 30.7 Å². The Morgan fingerprint density at radius 1 is 1.06 bits per heavy atom. The summed E-state index contributed by atoms with van der Waals surface area (Å²) in [6.45, 7) is 3.91. The normalized spacial score (nSPS) is 13.5. The van der Waals surface area contributed by atoms with Crippen molar-refractivity contribution in [3.63, 3.8) is 0 Å². The number of aliphatic hydroxyl groups is 2. The molecule has 2 N–H and O–H groups in total. The molecule has 1 heterocycles. The molecule has 0 radical (unpaired) electrons.